The maximum absolute atomic E-state index is 13.4. The van der Waals surface area contributed by atoms with Crippen LogP contribution < -0.4 is 4.90 Å². The summed E-state index contributed by atoms with van der Waals surface area (Å²) < 4.78 is 0. The number of carbonyl (C=O) groups excluding carboxylic acids is 2. The number of amides is 1. The second-order valence-electron chi connectivity index (χ2n) is 7.78. The molecule has 0 aliphatic carbocycles. The summed E-state index contributed by atoms with van der Waals surface area (Å²) in [7, 11) is 0. The Morgan fingerprint density at radius 2 is 1.70 bits per heavy atom. The second-order valence-corrected chi connectivity index (χ2v) is 8.62. The number of ketones is 1. The zero-order chi connectivity index (χ0) is 23.4. The molecule has 166 valence electrons. The summed E-state index contributed by atoms with van der Waals surface area (Å²) in [5.41, 5.74) is 0.542. The minimum Gasteiger partial charge on any atom is -0.375 e. The molecule has 0 aromatic heterocycles. The Balaban J connectivity index is 1.57. The number of carbonyl (C=O) groups is 2. The van der Waals surface area contributed by atoms with Crippen LogP contribution in [0.15, 0.2) is 91.0 Å². The van der Waals surface area contributed by atoms with Crippen molar-refractivity contribution in [3.63, 3.8) is 0 Å². The number of benzene rings is 3. The van der Waals surface area contributed by atoms with E-state index in [9.17, 15) is 14.7 Å². The Hall–Kier alpha value is -3.18. The molecule has 33 heavy (non-hydrogen) atoms. The van der Waals surface area contributed by atoms with Gasteiger partial charge >= 0.3 is 0 Å². The zero-order valence-electron chi connectivity index (χ0n) is 17.6. The van der Waals surface area contributed by atoms with Crippen LogP contribution in [0.4, 0.5) is 5.69 Å². The molecule has 1 aliphatic heterocycles. The van der Waals surface area contributed by atoms with Crippen LogP contribution in [0.2, 0.25) is 10.0 Å². The van der Waals surface area contributed by atoms with Crippen molar-refractivity contribution in [2.24, 2.45) is 0 Å². The van der Waals surface area contributed by atoms with Crippen molar-refractivity contribution in [3.8, 4) is 0 Å². The second kappa shape index (κ2) is 9.75. The molecular weight excluding hydrogens is 457 g/mol. The highest BCUT2D eigenvalue weighted by Gasteiger charge is 2.50. The maximum Gasteiger partial charge on any atom is 0.264 e. The van der Waals surface area contributed by atoms with Crippen molar-refractivity contribution in [2.45, 2.75) is 18.6 Å². The average Bonchev–Trinajstić information content (AvgIpc) is 3.00. The van der Waals surface area contributed by atoms with E-state index in [-0.39, 0.29) is 12.3 Å². The molecule has 1 atom stereocenters. The largest absolute Gasteiger partial charge is 0.375 e. The summed E-state index contributed by atoms with van der Waals surface area (Å²) >= 11 is 12.4. The van der Waals surface area contributed by atoms with E-state index in [1.165, 1.54) is 17.0 Å². The number of fused-ring (bicyclic) bond motifs is 1. The molecule has 1 heterocycles. The lowest BCUT2D eigenvalue weighted by molar-refractivity contribution is -0.140. The Kier molecular flexibility index (Phi) is 6.80. The highest BCUT2D eigenvalue weighted by atomic mass is 35.5. The smallest absolute Gasteiger partial charge is 0.264 e. The SMILES string of the molecule is O=C(C=CC=Cc1ccccc1)CC1(O)C(=O)N(Cc2ccccc2Cl)c2ccc(Cl)cc21. The van der Waals surface area contributed by atoms with Gasteiger partial charge in [0.1, 0.15) is 0 Å². The predicted octanol–water partition coefficient (Wildman–Crippen LogP) is 5.96. The molecule has 6 heteroatoms. The monoisotopic (exact) mass is 477 g/mol. The Morgan fingerprint density at radius 3 is 2.45 bits per heavy atom. The van der Waals surface area contributed by atoms with Crippen LogP contribution in [0.3, 0.4) is 0 Å². The van der Waals surface area contributed by atoms with Crippen LogP contribution in [0.25, 0.3) is 6.08 Å². The zero-order valence-corrected chi connectivity index (χ0v) is 19.1. The fourth-order valence-electron chi connectivity index (χ4n) is 3.85. The summed E-state index contributed by atoms with van der Waals surface area (Å²) in [4.78, 5) is 27.5. The van der Waals surface area contributed by atoms with Gasteiger partial charge in [-0.3, -0.25) is 9.59 Å². The normalized spacial score (nSPS) is 17.8. The van der Waals surface area contributed by atoms with E-state index in [1.807, 2.05) is 48.5 Å². The molecule has 0 fully saturated rings. The summed E-state index contributed by atoms with van der Waals surface area (Å²) in [6, 6.07) is 21.7. The van der Waals surface area contributed by atoms with Crippen LogP contribution in [-0.4, -0.2) is 16.8 Å². The van der Waals surface area contributed by atoms with Gasteiger partial charge in [0, 0.05) is 15.6 Å². The average molecular weight is 478 g/mol. The van der Waals surface area contributed by atoms with Crippen molar-refractivity contribution in [1.29, 1.82) is 0 Å². The summed E-state index contributed by atoms with van der Waals surface area (Å²) in [5, 5.41) is 12.3. The molecule has 3 aromatic carbocycles. The van der Waals surface area contributed by atoms with Crippen molar-refractivity contribution < 1.29 is 14.7 Å². The molecular formula is C27H21Cl2NO3. The molecule has 0 bridgehead atoms. The van der Waals surface area contributed by atoms with Gasteiger partial charge in [-0.05, 0) is 41.5 Å². The molecule has 0 saturated heterocycles. The van der Waals surface area contributed by atoms with Gasteiger partial charge in [-0.2, -0.15) is 0 Å². The first-order chi connectivity index (χ1) is 15.9. The maximum atomic E-state index is 13.4. The van der Waals surface area contributed by atoms with Gasteiger partial charge in [0.15, 0.2) is 11.4 Å². The molecule has 4 rings (SSSR count). The van der Waals surface area contributed by atoms with Gasteiger partial charge in [0.05, 0.1) is 18.7 Å². The highest BCUT2D eigenvalue weighted by Crippen LogP contribution is 2.44. The summed E-state index contributed by atoms with van der Waals surface area (Å²) in [5.74, 6) is -0.963. The number of halogens is 2. The Labute approximate surface area is 202 Å². The highest BCUT2D eigenvalue weighted by molar-refractivity contribution is 6.31. The Morgan fingerprint density at radius 1 is 0.970 bits per heavy atom. The quantitative estimate of drug-likeness (QED) is 0.337. The van der Waals surface area contributed by atoms with E-state index in [2.05, 4.69) is 0 Å². The molecule has 4 nitrogen and oxygen atoms in total. The molecule has 1 N–H and O–H groups in total. The fraction of sp³-hybridized carbons (Fsp3) is 0.111. The topological polar surface area (TPSA) is 57.6 Å². The first-order valence-corrected chi connectivity index (χ1v) is 11.1. The number of nitrogens with zero attached hydrogens (tertiary/aromatic N) is 1. The van der Waals surface area contributed by atoms with Gasteiger partial charge in [0.25, 0.3) is 5.91 Å². The van der Waals surface area contributed by atoms with Crippen LogP contribution in [0, 0.1) is 0 Å². The lowest BCUT2D eigenvalue weighted by atomic mass is 9.90. The van der Waals surface area contributed by atoms with Crippen molar-refractivity contribution >= 4 is 46.7 Å². The van der Waals surface area contributed by atoms with Gasteiger partial charge in [0.2, 0.25) is 0 Å². The molecule has 3 aromatic rings. The van der Waals surface area contributed by atoms with E-state index < -0.39 is 17.9 Å². The number of allylic oxidation sites excluding steroid dienone is 3. The van der Waals surface area contributed by atoms with Gasteiger partial charge in [-0.15, -0.1) is 0 Å². The molecule has 0 spiro atoms. The number of hydrogen-bond acceptors (Lipinski definition) is 3. The van der Waals surface area contributed by atoms with Gasteiger partial charge in [-0.1, -0.05) is 90.0 Å². The predicted molar refractivity (Wildman–Crippen MR) is 132 cm³/mol. The van der Waals surface area contributed by atoms with E-state index >= 15 is 0 Å². The van der Waals surface area contributed by atoms with Crippen molar-refractivity contribution in [1.82, 2.24) is 0 Å². The standard InChI is InChI=1S/C27H21Cl2NO3/c28-21-14-15-25-23(16-21)27(33,26(32)30(25)18-20-11-5-7-13-24(20)29)17-22(31)12-6-4-10-19-8-2-1-3-9-19/h1-16,33H,17-18H2. The third kappa shape index (κ3) is 4.93. The number of anilines is 1. The Bertz CT molecular complexity index is 1250. The first kappa shape index (κ1) is 23.0. The van der Waals surface area contributed by atoms with E-state index in [0.717, 1.165) is 11.1 Å². The minimum absolute atomic E-state index is 0.166. The molecule has 1 aliphatic rings. The molecule has 1 unspecified atom stereocenters. The number of aliphatic hydroxyl groups is 1. The van der Waals surface area contributed by atoms with E-state index in [0.29, 0.717) is 21.3 Å². The molecule has 1 amide bonds. The van der Waals surface area contributed by atoms with Crippen LogP contribution in [-0.2, 0) is 21.7 Å². The lowest BCUT2D eigenvalue weighted by Crippen LogP contribution is -2.41. The van der Waals surface area contributed by atoms with Crippen LogP contribution >= 0.6 is 23.2 Å². The van der Waals surface area contributed by atoms with Gasteiger partial charge < -0.3 is 10.0 Å². The van der Waals surface area contributed by atoms with Gasteiger partial charge in [-0.25, -0.2) is 0 Å². The molecule has 0 radical (unpaired) electrons. The van der Waals surface area contributed by atoms with Crippen molar-refractivity contribution in [2.75, 3.05) is 4.90 Å². The summed E-state index contributed by atoms with van der Waals surface area (Å²) in [6.07, 6.45) is 6.15. The third-order valence-electron chi connectivity index (χ3n) is 5.49. The van der Waals surface area contributed by atoms with Crippen LogP contribution in [0.1, 0.15) is 23.1 Å². The van der Waals surface area contributed by atoms with Crippen LogP contribution in [0.5, 0.6) is 0 Å². The fourth-order valence-corrected chi connectivity index (χ4v) is 4.22. The number of rotatable bonds is 7. The van der Waals surface area contributed by atoms with E-state index in [1.54, 1.807) is 36.4 Å². The first-order valence-electron chi connectivity index (χ1n) is 10.4. The summed E-state index contributed by atoms with van der Waals surface area (Å²) in [6.45, 7) is 0.166. The third-order valence-corrected chi connectivity index (χ3v) is 6.10. The minimum atomic E-state index is -2.01. The van der Waals surface area contributed by atoms with E-state index in [4.69, 9.17) is 23.2 Å². The molecule has 0 saturated carbocycles. The number of hydrogen-bond donors (Lipinski definition) is 1. The van der Waals surface area contributed by atoms with Crippen molar-refractivity contribution in [3.05, 3.63) is 118 Å². The lowest BCUT2D eigenvalue weighted by Gasteiger charge is -2.22.